The molecule has 0 aromatic carbocycles. The summed E-state index contributed by atoms with van der Waals surface area (Å²) < 4.78 is 7.41. The van der Waals surface area contributed by atoms with E-state index in [1.807, 2.05) is 19.2 Å². The summed E-state index contributed by atoms with van der Waals surface area (Å²) in [5.74, 6) is 0.00840. The molecular formula is C18H22N4O3S. The average molecular weight is 374 g/mol. The average Bonchev–Trinajstić information content (AvgIpc) is 2.97. The van der Waals surface area contributed by atoms with Gasteiger partial charge >= 0.3 is 0 Å². The summed E-state index contributed by atoms with van der Waals surface area (Å²) in [5, 5.41) is 10.8. The minimum Gasteiger partial charge on any atom is -0.376 e. The van der Waals surface area contributed by atoms with Crippen molar-refractivity contribution in [1.29, 1.82) is 0 Å². The van der Waals surface area contributed by atoms with Crippen LogP contribution in [0.4, 0.5) is 10.7 Å². The first-order chi connectivity index (χ1) is 12.6. The van der Waals surface area contributed by atoms with E-state index >= 15 is 0 Å². The molecule has 1 saturated carbocycles. The number of hydrogen-bond donors (Lipinski definition) is 2. The second-order valence-corrected chi connectivity index (χ2v) is 7.98. The van der Waals surface area contributed by atoms with Crippen molar-refractivity contribution in [3.8, 4) is 0 Å². The summed E-state index contributed by atoms with van der Waals surface area (Å²) in [6.45, 7) is 3.39. The number of aromatic nitrogens is 2. The normalized spacial score (nSPS) is 19.5. The number of ether oxygens (including phenoxy) is 1. The Morgan fingerprint density at radius 1 is 1.35 bits per heavy atom. The summed E-state index contributed by atoms with van der Waals surface area (Å²) >= 11 is 1.30. The Bertz CT molecular complexity index is 818. The third-order valence-corrected chi connectivity index (χ3v) is 5.78. The van der Waals surface area contributed by atoms with E-state index in [1.165, 1.54) is 11.3 Å². The van der Waals surface area contributed by atoms with Crippen molar-refractivity contribution in [2.24, 2.45) is 5.92 Å². The van der Waals surface area contributed by atoms with Crippen molar-refractivity contribution in [3.05, 3.63) is 28.9 Å². The highest BCUT2D eigenvalue weighted by Gasteiger charge is 2.30. The predicted molar refractivity (Wildman–Crippen MR) is 99.6 cm³/mol. The lowest BCUT2D eigenvalue weighted by atomic mass is 10.2. The van der Waals surface area contributed by atoms with Crippen LogP contribution in [0.3, 0.4) is 0 Å². The van der Waals surface area contributed by atoms with Crippen LogP contribution in [0.5, 0.6) is 0 Å². The fourth-order valence-electron chi connectivity index (χ4n) is 3.05. The van der Waals surface area contributed by atoms with Crippen molar-refractivity contribution in [2.45, 2.75) is 45.3 Å². The van der Waals surface area contributed by atoms with Gasteiger partial charge in [-0.2, -0.15) is 5.10 Å². The lowest BCUT2D eigenvalue weighted by Crippen LogP contribution is -2.15. The van der Waals surface area contributed by atoms with Gasteiger partial charge in [0.15, 0.2) is 0 Å². The molecule has 1 saturated heterocycles. The smallest absolute Gasteiger partial charge is 0.266 e. The molecule has 2 aliphatic rings. The highest BCUT2D eigenvalue weighted by molar-refractivity contribution is 7.18. The fourth-order valence-corrected chi connectivity index (χ4v) is 4.02. The van der Waals surface area contributed by atoms with E-state index in [4.69, 9.17) is 4.74 Å². The van der Waals surface area contributed by atoms with Gasteiger partial charge in [-0.25, -0.2) is 0 Å². The third-order valence-electron chi connectivity index (χ3n) is 4.62. The molecule has 1 aliphatic carbocycles. The van der Waals surface area contributed by atoms with E-state index < -0.39 is 0 Å². The number of thiophene rings is 1. The number of nitrogens with one attached hydrogen (secondary N) is 2. The van der Waals surface area contributed by atoms with E-state index in [9.17, 15) is 9.59 Å². The number of carbonyl (C=O) groups excluding carboxylic acids is 2. The number of hydrogen-bond acceptors (Lipinski definition) is 5. The van der Waals surface area contributed by atoms with E-state index in [0.717, 1.165) is 42.9 Å². The summed E-state index contributed by atoms with van der Waals surface area (Å²) in [4.78, 5) is 25.0. The zero-order valence-corrected chi connectivity index (χ0v) is 15.5. The molecule has 2 aromatic heterocycles. The summed E-state index contributed by atoms with van der Waals surface area (Å²) in [7, 11) is 0. The highest BCUT2D eigenvalue weighted by Crippen LogP contribution is 2.33. The van der Waals surface area contributed by atoms with Crippen molar-refractivity contribution < 1.29 is 14.3 Å². The second-order valence-electron chi connectivity index (χ2n) is 6.93. The maximum absolute atomic E-state index is 12.6. The molecule has 0 spiro atoms. The van der Waals surface area contributed by atoms with Crippen LogP contribution in [-0.4, -0.2) is 34.3 Å². The van der Waals surface area contributed by atoms with Gasteiger partial charge in [0.1, 0.15) is 0 Å². The Morgan fingerprint density at radius 2 is 2.19 bits per heavy atom. The molecule has 7 nitrogen and oxygen atoms in total. The Kier molecular flexibility index (Phi) is 4.78. The first-order valence-electron chi connectivity index (χ1n) is 8.95. The molecule has 2 amide bonds. The molecular weight excluding hydrogens is 352 g/mol. The second kappa shape index (κ2) is 7.20. The monoisotopic (exact) mass is 374 g/mol. The van der Waals surface area contributed by atoms with Gasteiger partial charge in [-0.3, -0.25) is 14.3 Å². The Labute approximate surface area is 155 Å². The van der Waals surface area contributed by atoms with Crippen LogP contribution in [0.2, 0.25) is 0 Å². The maximum atomic E-state index is 12.6. The minimum absolute atomic E-state index is 0.0496. The molecule has 26 heavy (non-hydrogen) atoms. The highest BCUT2D eigenvalue weighted by atomic mass is 32.1. The molecule has 2 N–H and O–H groups in total. The molecule has 3 heterocycles. The number of carbonyl (C=O) groups is 2. The molecule has 4 rings (SSSR count). The number of rotatable bonds is 6. The maximum Gasteiger partial charge on any atom is 0.266 e. The molecule has 0 bridgehead atoms. The first-order valence-corrected chi connectivity index (χ1v) is 9.77. The third kappa shape index (κ3) is 3.96. The van der Waals surface area contributed by atoms with Crippen molar-refractivity contribution in [1.82, 2.24) is 9.78 Å². The molecule has 138 valence electrons. The van der Waals surface area contributed by atoms with Crippen LogP contribution in [0.15, 0.2) is 18.5 Å². The zero-order valence-electron chi connectivity index (χ0n) is 14.7. The summed E-state index contributed by atoms with van der Waals surface area (Å²) in [5.41, 5.74) is 1.51. The number of anilines is 2. The Balaban J connectivity index is 1.37. The van der Waals surface area contributed by atoms with Gasteiger partial charge in [-0.15, -0.1) is 11.3 Å². The standard InChI is InChI=1S/C18H22N4O3S/c1-11-7-15(21-17(23)12-4-5-12)26-16(11)18(24)20-13-8-19-22(9-13)10-14-3-2-6-25-14/h7-9,12,14H,2-6,10H2,1H3,(H,20,24)(H,21,23). The largest absolute Gasteiger partial charge is 0.376 e. The van der Waals surface area contributed by atoms with E-state index in [0.29, 0.717) is 17.1 Å². The fraction of sp³-hybridized carbons (Fsp3) is 0.500. The molecule has 2 aromatic rings. The predicted octanol–water partition coefficient (Wildman–Crippen LogP) is 3.03. The summed E-state index contributed by atoms with van der Waals surface area (Å²) in [6.07, 6.45) is 7.72. The van der Waals surface area contributed by atoms with Crippen LogP contribution < -0.4 is 10.6 Å². The van der Waals surface area contributed by atoms with Gasteiger partial charge in [0.2, 0.25) is 5.91 Å². The van der Waals surface area contributed by atoms with Crippen LogP contribution >= 0.6 is 11.3 Å². The van der Waals surface area contributed by atoms with Crippen LogP contribution in [0, 0.1) is 12.8 Å². The van der Waals surface area contributed by atoms with E-state index in [2.05, 4.69) is 15.7 Å². The number of amides is 2. The van der Waals surface area contributed by atoms with Gasteiger partial charge in [-0.05, 0) is 44.2 Å². The minimum atomic E-state index is -0.184. The first kappa shape index (κ1) is 17.2. The lowest BCUT2D eigenvalue weighted by molar-refractivity contribution is -0.117. The van der Waals surface area contributed by atoms with Crippen LogP contribution in [-0.2, 0) is 16.1 Å². The lowest BCUT2D eigenvalue weighted by Gasteiger charge is -2.08. The molecule has 8 heteroatoms. The number of aryl methyl sites for hydroxylation is 1. The molecule has 1 aliphatic heterocycles. The van der Waals surface area contributed by atoms with Gasteiger partial charge in [0, 0.05) is 18.7 Å². The Morgan fingerprint density at radius 3 is 2.92 bits per heavy atom. The van der Waals surface area contributed by atoms with Gasteiger partial charge in [0.25, 0.3) is 5.91 Å². The quantitative estimate of drug-likeness (QED) is 0.814. The summed E-state index contributed by atoms with van der Waals surface area (Å²) in [6, 6.07) is 1.85. The van der Waals surface area contributed by atoms with Gasteiger partial charge in [0.05, 0.1) is 34.4 Å². The Hall–Kier alpha value is -2.19. The molecule has 2 fully saturated rings. The zero-order chi connectivity index (χ0) is 18.1. The van der Waals surface area contributed by atoms with Crippen LogP contribution in [0.25, 0.3) is 0 Å². The van der Waals surface area contributed by atoms with Crippen molar-refractivity contribution in [2.75, 3.05) is 17.2 Å². The van der Waals surface area contributed by atoms with Crippen molar-refractivity contribution >= 4 is 33.8 Å². The molecule has 0 radical (unpaired) electrons. The molecule has 1 atom stereocenters. The molecule has 1 unspecified atom stereocenters. The SMILES string of the molecule is Cc1cc(NC(=O)C2CC2)sc1C(=O)Nc1cnn(CC2CCCO2)c1. The van der Waals surface area contributed by atoms with Crippen molar-refractivity contribution in [3.63, 3.8) is 0 Å². The van der Waals surface area contributed by atoms with Crippen LogP contribution in [0.1, 0.15) is 40.9 Å². The number of nitrogens with zero attached hydrogens (tertiary/aromatic N) is 2. The van der Waals surface area contributed by atoms with E-state index in [1.54, 1.807) is 10.9 Å². The topological polar surface area (TPSA) is 85.3 Å². The van der Waals surface area contributed by atoms with E-state index in [-0.39, 0.29) is 23.8 Å². The van der Waals surface area contributed by atoms with Gasteiger partial charge in [-0.1, -0.05) is 0 Å². The van der Waals surface area contributed by atoms with Gasteiger partial charge < -0.3 is 15.4 Å².